The van der Waals surface area contributed by atoms with Crippen molar-refractivity contribution in [2.24, 2.45) is 5.14 Å². The average molecular weight is 261 g/mol. The van der Waals surface area contributed by atoms with E-state index in [9.17, 15) is 13.2 Å². The highest BCUT2D eigenvalue weighted by molar-refractivity contribution is 7.89. The summed E-state index contributed by atoms with van der Waals surface area (Å²) in [4.78, 5) is 15.5. The maximum absolute atomic E-state index is 11.6. The largest absolute Gasteiger partial charge is 0.340 e. The Morgan fingerprint density at radius 1 is 1.24 bits per heavy atom. The second kappa shape index (κ2) is 4.91. The van der Waals surface area contributed by atoms with Crippen molar-refractivity contribution in [2.45, 2.75) is 24.5 Å². The molecular weight excluding hydrogens is 242 g/mol. The Morgan fingerprint density at radius 2 is 1.88 bits per heavy atom. The zero-order chi connectivity index (χ0) is 12.5. The summed E-state index contributed by atoms with van der Waals surface area (Å²) >= 11 is 0. The second-order valence-electron chi connectivity index (χ2n) is 4.80. The minimum atomic E-state index is -3.58. The Labute approximate surface area is 102 Å². The van der Waals surface area contributed by atoms with Crippen LogP contribution >= 0.6 is 0 Å². The van der Waals surface area contributed by atoms with Crippen LogP contribution in [0.4, 0.5) is 0 Å². The minimum Gasteiger partial charge on any atom is -0.340 e. The summed E-state index contributed by atoms with van der Waals surface area (Å²) < 4.78 is 22.3. The highest BCUT2D eigenvalue weighted by Gasteiger charge is 2.36. The first-order valence-corrected chi connectivity index (χ1v) is 7.59. The Balaban J connectivity index is 1.83. The summed E-state index contributed by atoms with van der Waals surface area (Å²) in [5.41, 5.74) is 0. The minimum absolute atomic E-state index is 0.0405. The van der Waals surface area contributed by atoms with Gasteiger partial charge in [0, 0.05) is 26.1 Å². The fraction of sp³-hybridized carbons (Fsp3) is 0.900. The van der Waals surface area contributed by atoms with E-state index in [0.29, 0.717) is 6.54 Å². The van der Waals surface area contributed by atoms with Crippen LogP contribution < -0.4 is 5.14 Å². The van der Waals surface area contributed by atoms with Crippen LogP contribution in [0.15, 0.2) is 0 Å². The van der Waals surface area contributed by atoms with Gasteiger partial charge in [-0.1, -0.05) is 0 Å². The number of hydrogen-bond donors (Lipinski definition) is 1. The van der Waals surface area contributed by atoms with Gasteiger partial charge >= 0.3 is 0 Å². The van der Waals surface area contributed by atoms with E-state index < -0.39 is 15.3 Å². The van der Waals surface area contributed by atoms with E-state index in [1.54, 1.807) is 4.90 Å². The van der Waals surface area contributed by atoms with Crippen LogP contribution in [-0.4, -0.2) is 62.1 Å². The van der Waals surface area contributed by atoms with Gasteiger partial charge in [0.05, 0.1) is 0 Å². The van der Waals surface area contributed by atoms with E-state index in [2.05, 4.69) is 4.90 Å². The standard InChI is InChI=1S/C10H19N3O3S/c11-17(15,16)9-7-10(14)13(8-9)6-5-12-3-1-2-4-12/h9H,1-8H2,(H2,11,15,16). The summed E-state index contributed by atoms with van der Waals surface area (Å²) in [5, 5.41) is 4.35. The number of rotatable bonds is 4. The van der Waals surface area contributed by atoms with E-state index >= 15 is 0 Å². The van der Waals surface area contributed by atoms with Gasteiger partial charge in [0.15, 0.2) is 0 Å². The van der Waals surface area contributed by atoms with E-state index in [0.717, 1.165) is 19.6 Å². The van der Waals surface area contributed by atoms with Crippen molar-refractivity contribution in [1.29, 1.82) is 0 Å². The third kappa shape index (κ3) is 3.17. The topological polar surface area (TPSA) is 83.7 Å². The number of nitrogens with two attached hydrogens (primary N) is 1. The second-order valence-corrected chi connectivity index (χ2v) is 6.65. The van der Waals surface area contributed by atoms with Gasteiger partial charge in [-0.05, 0) is 25.9 Å². The molecule has 0 radical (unpaired) electrons. The predicted molar refractivity (Wildman–Crippen MR) is 63.8 cm³/mol. The van der Waals surface area contributed by atoms with Crippen molar-refractivity contribution in [3.8, 4) is 0 Å². The van der Waals surface area contributed by atoms with Crippen LogP contribution in [-0.2, 0) is 14.8 Å². The molecule has 2 aliphatic rings. The zero-order valence-corrected chi connectivity index (χ0v) is 10.7. The van der Waals surface area contributed by atoms with Crippen molar-refractivity contribution in [2.75, 3.05) is 32.7 Å². The molecule has 2 N–H and O–H groups in total. The summed E-state index contributed by atoms with van der Waals surface area (Å²) in [6.45, 7) is 3.88. The van der Waals surface area contributed by atoms with Gasteiger partial charge in [-0.3, -0.25) is 4.79 Å². The van der Waals surface area contributed by atoms with E-state index in [1.807, 2.05) is 0 Å². The van der Waals surface area contributed by atoms with Gasteiger partial charge in [-0.25, -0.2) is 13.6 Å². The number of amides is 1. The van der Waals surface area contributed by atoms with Crippen molar-refractivity contribution < 1.29 is 13.2 Å². The third-order valence-corrected chi connectivity index (χ3v) is 4.77. The van der Waals surface area contributed by atoms with Gasteiger partial charge < -0.3 is 9.80 Å². The Kier molecular flexibility index (Phi) is 3.70. The summed E-state index contributed by atoms with van der Waals surface area (Å²) in [7, 11) is -3.58. The molecule has 0 spiro atoms. The number of likely N-dealkylation sites (tertiary alicyclic amines) is 2. The first-order chi connectivity index (χ1) is 7.97. The molecule has 2 aliphatic heterocycles. The molecule has 2 saturated heterocycles. The van der Waals surface area contributed by atoms with Gasteiger partial charge in [-0.2, -0.15) is 0 Å². The Morgan fingerprint density at radius 3 is 2.41 bits per heavy atom. The van der Waals surface area contributed by atoms with Crippen molar-refractivity contribution in [1.82, 2.24) is 9.80 Å². The lowest BCUT2D eigenvalue weighted by atomic mass is 10.4. The van der Waals surface area contributed by atoms with Gasteiger partial charge in [0.25, 0.3) is 0 Å². The SMILES string of the molecule is NS(=O)(=O)C1CC(=O)N(CCN2CCCC2)C1. The van der Waals surface area contributed by atoms with Crippen LogP contribution in [0, 0.1) is 0 Å². The molecule has 0 saturated carbocycles. The molecule has 7 heteroatoms. The summed E-state index contributed by atoms with van der Waals surface area (Å²) in [5.74, 6) is -0.0942. The third-order valence-electron chi connectivity index (χ3n) is 3.53. The lowest BCUT2D eigenvalue weighted by Crippen LogP contribution is -2.36. The quantitative estimate of drug-likeness (QED) is 0.701. The molecule has 17 heavy (non-hydrogen) atoms. The van der Waals surface area contributed by atoms with Gasteiger partial charge in [-0.15, -0.1) is 0 Å². The molecule has 0 bridgehead atoms. The fourth-order valence-electron chi connectivity index (χ4n) is 2.44. The highest BCUT2D eigenvalue weighted by atomic mass is 32.2. The van der Waals surface area contributed by atoms with Gasteiger partial charge in [0.1, 0.15) is 5.25 Å². The monoisotopic (exact) mass is 261 g/mol. The predicted octanol–water partition coefficient (Wildman–Crippen LogP) is -1.03. The molecule has 1 atom stereocenters. The van der Waals surface area contributed by atoms with Crippen molar-refractivity contribution in [3.05, 3.63) is 0 Å². The van der Waals surface area contributed by atoms with Crippen molar-refractivity contribution >= 4 is 15.9 Å². The molecule has 2 rings (SSSR count). The fourth-order valence-corrected chi connectivity index (χ4v) is 3.20. The lowest BCUT2D eigenvalue weighted by Gasteiger charge is -2.21. The summed E-state index contributed by atoms with van der Waals surface area (Å²) in [6, 6.07) is 0. The molecule has 0 aliphatic carbocycles. The maximum Gasteiger partial charge on any atom is 0.224 e. The molecular formula is C10H19N3O3S. The Hall–Kier alpha value is -0.660. The first-order valence-electron chi connectivity index (χ1n) is 5.98. The van der Waals surface area contributed by atoms with E-state index in [4.69, 9.17) is 5.14 Å². The molecule has 1 amide bonds. The normalized spacial score (nSPS) is 27.0. The number of primary sulfonamides is 1. The molecule has 98 valence electrons. The van der Waals surface area contributed by atoms with Crippen LogP contribution in [0.5, 0.6) is 0 Å². The zero-order valence-electron chi connectivity index (χ0n) is 9.84. The molecule has 1 unspecified atom stereocenters. The average Bonchev–Trinajstić information content (AvgIpc) is 2.83. The lowest BCUT2D eigenvalue weighted by molar-refractivity contribution is -0.127. The van der Waals surface area contributed by atoms with E-state index in [-0.39, 0.29) is 18.9 Å². The number of nitrogens with zero attached hydrogens (tertiary/aromatic N) is 2. The molecule has 6 nitrogen and oxygen atoms in total. The maximum atomic E-state index is 11.6. The van der Waals surface area contributed by atoms with Crippen LogP contribution in [0.1, 0.15) is 19.3 Å². The molecule has 0 aromatic carbocycles. The molecule has 2 fully saturated rings. The first kappa shape index (κ1) is 12.8. The van der Waals surface area contributed by atoms with E-state index in [1.165, 1.54) is 12.8 Å². The molecule has 0 aromatic heterocycles. The molecule has 0 aromatic rings. The Bertz CT molecular complexity index is 390. The molecule has 2 heterocycles. The highest BCUT2D eigenvalue weighted by Crippen LogP contribution is 2.16. The number of hydrogen-bond acceptors (Lipinski definition) is 4. The van der Waals surface area contributed by atoms with Crippen LogP contribution in [0.25, 0.3) is 0 Å². The van der Waals surface area contributed by atoms with Gasteiger partial charge in [0.2, 0.25) is 15.9 Å². The van der Waals surface area contributed by atoms with Crippen LogP contribution in [0.3, 0.4) is 0 Å². The smallest absolute Gasteiger partial charge is 0.224 e. The van der Waals surface area contributed by atoms with Crippen LogP contribution in [0.2, 0.25) is 0 Å². The van der Waals surface area contributed by atoms with Crippen molar-refractivity contribution in [3.63, 3.8) is 0 Å². The number of carbonyl (C=O) groups is 1. The summed E-state index contributed by atoms with van der Waals surface area (Å²) in [6.07, 6.45) is 2.47. The number of sulfonamides is 1. The number of carbonyl (C=O) groups excluding carboxylic acids is 1.